The summed E-state index contributed by atoms with van der Waals surface area (Å²) in [6.07, 6.45) is 4.18. The number of amides is 1. The first-order chi connectivity index (χ1) is 10.7. The maximum Gasteiger partial charge on any atom is 0.411 e. The Hall–Kier alpha value is -1.56. The molecule has 2 bridgehead atoms. The van der Waals surface area contributed by atoms with Crippen LogP contribution in [0.4, 0.5) is 4.79 Å². The van der Waals surface area contributed by atoms with E-state index in [0.29, 0.717) is 18.8 Å². The Kier molecular flexibility index (Phi) is 3.91. The summed E-state index contributed by atoms with van der Waals surface area (Å²) in [7, 11) is 0. The molecule has 4 atom stereocenters. The van der Waals surface area contributed by atoms with Crippen LogP contribution in [0.15, 0.2) is 11.6 Å². The molecule has 4 fully saturated rings. The lowest BCUT2D eigenvalue weighted by atomic mass is 9.69. The van der Waals surface area contributed by atoms with E-state index >= 15 is 0 Å². The van der Waals surface area contributed by atoms with Crippen LogP contribution in [-0.2, 0) is 9.53 Å². The number of carboxylic acids is 1. The number of aliphatic hydroxyl groups is 1. The zero-order chi connectivity index (χ0) is 16.9. The third-order valence-corrected chi connectivity index (χ3v) is 4.85. The van der Waals surface area contributed by atoms with Gasteiger partial charge in [-0.3, -0.25) is 4.90 Å². The second-order valence-corrected chi connectivity index (χ2v) is 7.88. The van der Waals surface area contributed by atoms with Crippen molar-refractivity contribution in [2.24, 2.45) is 11.8 Å². The predicted molar refractivity (Wildman–Crippen MR) is 82.8 cm³/mol. The van der Waals surface area contributed by atoms with Crippen LogP contribution in [0.2, 0.25) is 0 Å². The molecule has 2 heterocycles. The lowest BCUT2D eigenvalue weighted by Crippen LogP contribution is -2.66. The number of nitrogens with zero attached hydrogens (tertiary/aromatic N) is 1. The van der Waals surface area contributed by atoms with Gasteiger partial charge < -0.3 is 14.9 Å². The summed E-state index contributed by atoms with van der Waals surface area (Å²) >= 11 is 0. The van der Waals surface area contributed by atoms with Crippen LogP contribution < -0.4 is 0 Å². The van der Waals surface area contributed by atoms with Gasteiger partial charge in [0, 0.05) is 5.92 Å². The number of ether oxygens (including phenoxy) is 1. The highest BCUT2D eigenvalue weighted by atomic mass is 16.6. The van der Waals surface area contributed by atoms with Crippen LogP contribution >= 0.6 is 0 Å². The second-order valence-electron chi connectivity index (χ2n) is 7.88. The minimum atomic E-state index is -1.07. The molecule has 6 heteroatoms. The van der Waals surface area contributed by atoms with Crippen LogP contribution in [-0.4, -0.2) is 51.0 Å². The van der Waals surface area contributed by atoms with E-state index in [2.05, 4.69) is 6.08 Å². The maximum absolute atomic E-state index is 12.6. The summed E-state index contributed by atoms with van der Waals surface area (Å²) in [6, 6.07) is -1.39. The van der Waals surface area contributed by atoms with Gasteiger partial charge in [0.2, 0.25) is 0 Å². The Bertz CT molecular complexity index is 546. The van der Waals surface area contributed by atoms with Gasteiger partial charge in [0.25, 0.3) is 0 Å². The molecule has 0 radical (unpaired) electrons. The molecule has 2 N–H and O–H groups in total. The smallest absolute Gasteiger partial charge is 0.411 e. The van der Waals surface area contributed by atoms with Gasteiger partial charge in [0.05, 0.1) is 12.1 Å². The molecule has 1 amide bonds. The number of carboxylic acid groups (broad SMARTS) is 1. The first-order valence-corrected chi connectivity index (χ1v) is 8.33. The Morgan fingerprint density at radius 3 is 2.39 bits per heavy atom. The van der Waals surface area contributed by atoms with E-state index in [1.54, 1.807) is 20.8 Å². The minimum absolute atomic E-state index is 0.369. The number of carbonyl (C=O) groups excluding carboxylic acids is 1. The molecule has 0 aromatic heterocycles. The number of piperidine rings is 2. The number of hydrogen-bond donors (Lipinski definition) is 2. The van der Waals surface area contributed by atoms with Crippen molar-refractivity contribution in [1.29, 1.82) is 0 Å². The molecule has 0 spiro atoms. The van der Waals surface area contributed by atoms with E-state index in [1.807, 2.05) is 0 Å². The molecule has 128 valence electrons. The molecule has 2 aliphatic heterocycles. The van der Waals surface area contributed by atoms with Crippen LogP contribution in [0, 0.1) is 11.8 Å². The average molecular weight is 323 g/mol. The molecule has 0 aromatic rings. The molecule has 2 saturated heterocycles. The van der Waals surface area contributed by atoms with E-state index in [1.165, 1.54) is 4.90 Å². The number of aliphatic carboxylic acids is 1. The quantitative estimate of drug-likeness (QED) is 0.761. The SMILES string of the molecule is CC(C)(C)OC(=O)N1[C@H](C(=O)O)[C@@H]2CC[C@H]1/C(=C\C1CC1)[C@H]2O. The summed E-state index contributed by atoms with van der Waals surface area (Å²) in [5, 5.41) is 20.2. The Labute approximate surface area is 136 Å². The molecule has 4 rings (SSSR count). The number of carbonyl (C=O) groups is 2. The fourth-order valence-electron chi connectivity index (χ4n) is 3.75. The van der Waals surface area contributed by atoms with Gasteiger partial charge >= 0.3 is 12.1 Å². The molecule has 4 aliphatic rings. The van der Waals surface area contributed by atoms with Gasteiger partial charge in [-0.25, -0.2) is 9.59 Å². The van der Waals surface area contributed by atoms with Crippen molar-refractivity contribution in [1.82, 2.24) is 4.90 Å². The van der Waals surface area contributed by atoms with Crippen molar-refractivity contribution in [3.05, 3.63) is 11.6 Å². The normalized spacial score (nSPS) is 35.5. The highest BCUT2D eigenvalue weighted by Crippen LogP contribution is 2.45. The van der Waals surface area contributed by atoms with Crippen molar-refractivity contribution in [2.75, 3.05) is 0 Å². The Balaban J connectivity index is 1.93. The molecule has 6 nitrogen and oxygen atoms in total. The van der Waals surface area contributed by atoms with Crippen LogP contribution in [0.5, 0.6) is 0 Å². The lowest BCUT2D eigenvalue weighted by Gasteiger charge is -2.52. The second kappa shape index (κ2) is 5.51. The van der Waals surface area contributed by atoms with E-state index < -0.39 is 35.7 Å². The van der Waals surface area contributed by atoms with Gasteiger partial charge in [-0.05, 0) is 57.9 Å². The van der Waals surface area contributed by atoms with Crippen molar-refractivity contribution in [3.8, 4) is 0 Å². The van der Waals surface area contributed by atoms with E-state index in [9.17, 15) is 19.8 Å². The minimum Gasteiger partial charge on any atom is -0.480 e. The molecule has 2 aliphatic carbocycles. The van der Waals surface area contributed by atoms with E-state index in [4.69, 9.17) is 4.74 Å². The summed E-state index contributed by atoms with van der Waals surface area (Å²) in [5.74, 6) is -1.08. The molecule has 2 saturated carbocycles. The average Bonchev–Trinajstić information content (AvgIpc) is 3.23. The van der Waals surface area contributed by atoms with E-state index in [0.717, 1.165) is 18.4 Å². The zero-order valence-corrected chi connectivity index (χ0v) is 13.9. The van der Waals surface area contributed by atoms with Crippen molar-refractivity contribution < 1.29 is 24.5 Å². The van der Waals surface area contributed by atoms with Crippen LogP contribution in [0.3, 0.4) is 0 Å². The van der Waals surface area contributed by atoms with Crippen molar-refractivity contribution in [3.63, 3.8) is 0 Å². The summed E-state index contributed by atoms with van der Waals surface area (Å²) in [4.78, 5) is 25.7. The summed E-state index contributed by atoms with van der Waals surface area (Å²) < 4.78 is 5.43. The molecule has 0 unspecified atom stereocenters. The number of fused-ring (bicyclic) bond motifs is 3. The maximum atomic E-state index is 12.6. The van der Waals surface area contributed by atoms with Crippen LogP contribution in [0.1, 0.15) is 46.5 Å². The fraction of sp³-hybridized carbons (Fsp3) is 0.765. The first-order valence-electron chi connectivity index (χ1n) is 8.33. The van der Waals surface area contributed by atoms with Gasteiger partial charge in [-0.1, -0.05) is 6.08 Å². The molecular formula is C17H25NO5. The largest absolute Gasteiger partial charge is 0.480 e. The van der Waals surface area contributed by atoms with Gasteiger partial charge in [-0.15, -0.1) is 0 Å². The first kappa shape index (κ1) is 16.3. The van der Waals surface area contributed by atoms with Gasteiger partial charge in [0.1, 0.15) is 11.6 Å². The highest BCUT2D eigenvalue weighted by molar-refractivity contribution is 5.82. The van der Waals surface area contributed by atoms with E-state index in [-0.39, 0.29) is 6.04 Å². The number of allylic oxidation sites excluding steroid dienone is 1. The Morgan fingerprint density at radius 2 is 1.87 bits per heavy atom. The Morgan fingerprint density at radius 1 is 1.22 bits per heavy atom. The number of hydrogen-bond acceptors (Lipinski definition) is 4. The summed E-state index contributed by atoms with van der Waals surface area (Å²) in [6.45, 7) is 5.29. The van der Waals surface area contributed by atoms with Gasteiger partial charge in [-0.2, -0.15) is 0 Å². The third-order valence-electron chi connectivity index (χ3n) is 4.85. The van der Waals surface area contributed by atoms with Crippen molar-refractivity contribution in [2.45, 2.75) is 70.2 Å². The standard InChI is InChI=1S/C17H25NO5/c1-17(2,3)23-16(22)18-12-7-6-10(13(18)15(20)21)14(19)11(12)8-9-4-5-9/h8-10,12-14,19H,4-7H2,1-3H3,(H,20,21)/b11-8+/t10-,12-,13-,14-/m0/s1. The zero-order valence-electron chi connectivity index (χ0n) is 13.9. The third kappa shape index (κ3) is 3.09. The lowest BCUT2D eigenvalue weighted by molar-refractivity contribution is -0.154. The highest BCUT2D eigenvalue weighted by Gasteiger charge is 2.55. The topological polar surface area (TPSA) is 87.1 Å². The number of rotatable bonds is 2. The van der Waals surface area contributed by atoms with Crippen LogP contribution in [0.25, 0.3) is 0 Å². The van der Waals surface area contributed by atoms with Crippen molar-refractivity contribution >= 4 is 12.1 Å². The number of aliphatic hydroxyl groups excluding tert-OH is 1. The monoisotopic (exact) mass is 323 g/mol. The molecule has 23 heavy (non-hydrogen) atoms. The molecule has 0 aromatic carbocycles. The summed E-state index contributed by atoms with van der Waals surface area (Å²) in [5.41, 5.74) is 0.127. The fourth-order valence-corrected chi connectivity index (χ4v) is 3.75. The predicted octanol–water partition coefficient (Wildman–Crippen LogP) is 2.17. The van der Waals surface area contributed by atoms with Gasteiger partial charge in [0.15, 0.2) is 0 Å². The molecular weight excluding hydrogens is 298 g/mol.